The number of amides is 1. The number of benzene rings is 2. The molecule has 4 rings (SSSR count). The van der Waals surface area contributed by atoms with E-state index in [1.54, 1.807) is 12.0 Å². The molecule has 5 nitrogen and oxygen atoms in total. The highest BCUT2D eigenvalue weighted by atomic mass is 16.5. The van der Waals surface area contributed by atoms with Gasteiger partial charge in [0.2, 0.25) is 0 Å². The van der Waals surface area contributed by atoms with Crippen molar-refractivity contribution in [1.82, 2.24) is 4.90 Å². The van der Waals surface area contributed by atoms with Crippen molar-refractivity contribution in [3.05, 3.63) is 65.2 Å². The molecule has 140 valence electrons. The molecule has 27 heavy (non-hydrogen) atoms. The highest BCUT2D eigenvalue weighted by molar-refractivity contribution is 6.06. The molecule has 1 amide bonds. The Morgan fingerprint density at radius 2 is 1.93 bits per heavy atom. The summed E-state index contributed by atoms with van der Waals surface area (Å²) in [6.07, 6.45) is 3.00. The maximum absolute atomic E-state index is 13.1. The van der Waals surface area contributed by atoms with Gasteiger partial charge in [-0.3, -0.25) is 9.69 Å². The van der Waals surface area contributed by atoms with Crippen LogP contribution in [-0.2, 0) is 17.8 Å². The average Bonchev–Trinajstić information content (AvgIpc) is 3.48. The molecular formula is C22H25N3O2. The van der Waals surface area contributed by atoms with Gasteiger partial charge in [0.05, 0.1) is 13.7 Å². The quantitative estimate of drug-likeness (QED) is 0.857. The minimum atomic E-state index is -0.884. The van der Waals surface area contributed by atoms with Crippen molar-refractivity contribution >= 4 is 11.9 Å². The van der Waals surface area contributed by atoms with Crippen LogP contribution in [0.4, 0.5) is 0 Å². The molecule has 1 aliphatic heterocycles. The first kappa shape index (κ1) is 17.6. The van der Waals surface area contributed by atoms with Gasteiger partial charge in [0.15, 0.2) is 5.96 Å². The predicted molar refractivity (Wildman–Crippen MR) is 106 cm³/mol. The zero-order valence-electron chi connectivity index (χ0n) is 15.8. The number of aliphatic imine (C=N–C) groups is 1. The number of guanidine groups is 1. The van der Waals surface area contributed by atoms with Gasteiger partial charge in [-0.2, -0.15) is 0 Å². The van der Waals surface area contributed by atoms with Gasteiger partial charge in [0.1, 0.15) is 11.3 Å². The van der Waals surface area contributed by atoms with E-state index < -0.39 is 5.54 Å². The third kappa shape index (κ3) is 3.54. The largest absolute Gasteiger partial charge is 0.497 e. The molecule has 0 saturated heterocycles. The Kier molecular flexibility index (Phi) is 4.38. The summed E-state index contributed by atoms with van der Waals surface area (Å²) in [5, 5.41) is 0. The molecule has 1 atom stereocenters. The van der Waals surface area contributed by atoms with E-state index in [1.807, 2.05) is 37.3 Å². The van der Waals surface area contributed by atoms with Gasteiger partial charge in [-0.05, 0) is 54.5 Å². The Hall–Kier alpha value is -2.82. The Balaban J connectivity index is 1.52. The molecular weight excluding hydrogens is 338 g/mol. The van der Waals surface area contributed by atoms with E-state index in [9.17, 15) is 4.79 Å². The standard InChI is InChI=1S/C22H25N3O2/c1-22(13-15-5-4-8-19(12-15)27-2)20(26)25(21(23)24-22)14-16-6-3-7-18(11-16)17-9-10-17/h3-8,11-12,17H,9-10,13-14H2,1-2H3,(H2,23,24). The van der Waals surface area contributed by atoms with Gasteiger partial charge in [0.25, 0.3) is 5.91 Å². The summed E-state index contributed by atoms with van der Waals surface area (Å²) in [5.74, 6) is 1.69. The van der Waals surface area contributed by atoms with Crippen LogP contribution >= 0.6 is 0 Å². The van der Waals surface area contributed by atoms with Crippen molar-refractivity contribution in [2.45, 2.75) is 44.2 Å². The van der Waals surface area contributed by atoms with Crippen LogP contribution in [0.3, 0.4) is 0 Å². The second-order valence-corrected chi connectivity index (χ2v) is 7.68. The number of hydrogen-bond acceptors (Lipinski definition) is 4. The van der Waals surface area contributed by atoms with Crippen molar-refractivity contribution < 1.29 is 9.53 Å². The molecule has 1 unspecified atom stereocenters. The van der Waals surface area contributed by atoms with Crippen molar-refractivity contribution in [3.63, 3.8) is 0 Å². The average molecular weight is 363 g/mol. The number of rotatable bonds is 6. The molecule has 2 aliphatic rings. The lowest BCUT2D eigenvalue weighted by molar-refractivity contribution is -0.131. The fourth-order valence-electron chi connectivity index (χ4n) is 3.75. The lowest BCUT2D eigenvalue weighted by Crippen LogP contribution is -2.43. The van der Waals surface area contributed by atoms with Crippen LogP contribution in [-0.4, -0.2) is 29.4 Å². The summed E-state index contributed by atoms with van der Waals surface area (Å²) in [6.45, 7) is 2.31. The Morgan fingerprint density at radius 1 is 1.19 bits per heavy atom. The first-order chi connectivity index (χ1) is 13.0. The van der Waals surface area contributed by atoms with E-state index in [1.165, 1.54) is 18.4 Å². The van der Waals surface area contributed by atoms with E-state index in [-0.39, 0.29) is 5.91 Å². The molecule has 1 saturated carbocycles. The van der Waals surface area contributed by atoms with Crippen LogP contribution in [0.5, 0.6) is 5.75 Å². The topological polar surface area (TPSA) is 67.9 Å². The number of nitrogens with two attached hydrogens (primary N) is 1. The zero-order chi connectivity index (χ0) is 19.0. The van der Waals surface area contributed by atoms with E-state index in [2.05, 4.69) is 23.2 Å². The molecule has 0 bridgehead atoms. The fourth-order valence-corrected chi connectivity index (χ4v) is 3.75. The minimum Gasteiger partial charge on any atom is -0.497 e. The molecule has 2 N–H and O–H groups in total. The SMILES string of the molecule is COc1cccc(CC2(C)N=C(N)N(Cc3cccc(C4CC4)c3)C2=O)c1. The number of carbonyl (C=O) groups excluding carboxylic acids is 1. The Labute approximate surface area is 159 Å². The third-order valence-electron chi connectivity index (χ3n) is 5.37. The maximum Gasteiger partial charge on any atom is 0.257 e. The Bertz CT molecular complexity index is 904. The number of hydrogen-bond donors (Lipinski definition) is 1. The highest BCUT2D eigenvalue weighted by Crippen LogP contribution is 2.40. The summed E-state index contributed by atoms with van der Waals surface area (Å²) in [4.78, 5) is 19.3. The van der Waals surface area contributed by atoms with Gasteiger partial charge in [-0.25, -0.2) is 4.99 Å². The first-order valence-electron chi connectivity index (χ1n) is 9.37. The van der Waals surface area contributed by atoms with Gasteiger partial charge in [0, 0.05) is 6.42 Å². The van der Waals surface area contributed by atoms with Crippen molar-refractivity contribution in [2.24, 2.45) is 10.7 Å². The second-order valence-electron chi connectivity index (χ2n) is 7.68. The molecule has 1 heterocycles. The summed E-state index contributed by atoms with van der Waals surface area (Å²) >= 11 is 0. The summed E-state index contributed by atoms with van der Waals surface area (Å²) < 4.78 is 5.28. The highest BCUT2D eigenvalue weighted by Gasteiger charge is 2.44. The third-order valence-corrected chi connectivity index (χ3v) is 5.37. The van der Waals surface area contributed by atoms with Crippen molar-refractivity contribution in [2.75, 3.05) is 7.11 Å². The monoisotopic (exact) mass is 363 g/mol. The number of methoxy groups -OCH3 is 1. The number of nitrogens with zero attached hydrogens (tertiary/aromatic N) is 2. The van der Waals surface area contributed by atoms with Crippen LogP contribution in [0, 0.1) is 0 Å². The van der Waals surface area contributed by atoms with Gasteiger partial charge in [-0.15, -0.1) is 0 Å². The van der Waals surface area contributed by atoms with E-state index in [4.69, 9.17) is 10.5 Å². The van der Waals surface area contributed by atoms with Crippen LogP contribution in [0.2, 0.25) is 0 Å². The van der Waals surface area contributed by atoms with Crippen LogP contribution in [0.25, 0.3) is 0 Å². The summed E-state index contributed by atoms with van der Waals surface area (Å²) in [5.41, 5.74) is 8.71. The van der Waals surface area contributed by atoms with Gasteiger partial charge in [-0.1, -0.05) is 36.4 Å². The van der Waals surface area contributed by atoms with Crippen LogP contribution in [0.1, 0.15) is 42.4 Å². The predicted octanol–water partition coefficient (Wildman–Crippen LogP) is 3.23. The van der Waals surface area contributed by atoms with Crippen LogP contribution in [0.15, 0.2) is 53.5 Å². The normalized spacial score (nSPS) is 22.1. The second kappa shape index (κ2) is 6.72. The molecule has 2 aromatic carbocycles. The minimum absolute atomic E-state index is 0.0559. The molecule has 0 aromatic heterocycles. The van der Waals surface area contributed by atoms with Crippen molar-refractivity contribution in [1.29, 1.82) is 0 Å². The van der Waals surface area contributed by atoms with Gasteiger partial charge < -0.3 is 10.5 Å². The molecule has 0 spiro atoms. The van der Waals surface area contributed by atoms with E-state index >= 15 is 0 Å². The van der Waals surface area contributed by atoms with Crippen molar-refractivity contribution in [3.8, 4) is 5.75 Å². The molecule has 0 radical (unpaired) electrons. The smallest absolute Gasteiger partial charge is 0.257 e. The summed E-state index contributed by atoms with van der Waals surface area (Å²) in [7, 11) is 1.63. The number of carbonyl (C=O) groups is 1. The molecule has 5 heteroatoms. The van der Waals surface area contributed by atoms with E-state index in [0.717, 1.165) is 16.9 Å². The van der Waals surface area contributed by atoms with Crippen LogP contribution < -0.4 is 10.5 Å². The molecule has 1 fully saturated rings. The zero-order valence-corrected chi connectivity index (χ0v) is 15.8. The lowest BCUT2D eigenvalue weighted by atomic mass is 9.92. The lowest BCUT2D eigenvalue weighted by Gasteiger charge is -2.22. The molecule has 1 aliphatic carbocycles. The van der Waals surface area contributed by atoms with E-state index in [0.29, 0.717) is 24.8 Å². The Morgan fingerprint density at radius 3 is 2.67 bits per heavy atom. The fraction of sp³-hybridized carbons (Fsp3) is 0.364. The number of ether oxygens (including phenoxy) is 1. The molecule has 2 aromatic rings. The maximum atomic E-state index is 13.1. The first-order valence-corrected chi connectivity index (χ1v) is 9.37. The summed E-state index contributed by atoms with van der Waals surface area (Å²) in [6, 6.07) is 16.2. The van der Waals surface area contributed by atoms with Gasteiger partial charge >= 0.3 is 0 Å².